The molecular formula is C27H27N3O3S. The second kappa shape index (κ2) is 9.43. The van der Waals surface area contributed by atoms with Gasteiger partial charge in [-0.05, 0) is 67.9 Å². The van der Waals surface area contributed by atoms with Gasteiger partial charge in [0.2, 0.25) is 5.91 Å². The zero-order valence-electron chi connectivity index (χ0n) is 19.4. The smallest absolute Gasteiger partial charge is 0.254 e. The summed E-state index contributed by atoms with van der Waals surface area (Å²) in [5.74, 6) is -0.306. The van der Waals surface area contributed by atoms with Gasteiger partial charge in [-0.25, -0.2) is 0 Å². The fourth-order valence-electron chi connectivity index (χ4n) is 4.54. The Morgan fingerprint density at radius 1 is 1.15 bits per heavy atom. The van der Waals surface area contributed by atoms with Gasteiger partial charge in [-0.3, -0.25) is 14.6 Å². The van der Waals surface area contributed by atoms with E-state index in [1.165, 1.54) is 16.2 Å². The molecule has 0 aliphatic heterocycles. The zero-order chi connectivity index (χ0) is 23.7. The molecule has 0 bridgehead atoms. The summed E-state index contributed by atoms with van der Waals surface area (Å²) in [5.41, 5.74) is 6.54. The van der Waals surface area contributed by atoms with Crippen LogP contribution in [-0.4, -0.2) is 16.8 Å². The Balaban J connectivity index is 1.37. The van der Waals surface area contributed by atoms with Gasteiger partial charge >= 0.3 is 0 Å². The van der Waals surface area contributed by atoms with E-state index >= 15 is 0 Å². The van der Waals surface area contributed by atoms with Crippen LogP contribution in [0.1, 0.15) is 55.9 Å². The van der Waals surface area contributed by atoms with E-state index in [2.05, 4.69) is 15.6 Å². The molecule has 0 spiro atoms. The molecule has 2 N–H and O–H groups in total. The van der Waals surface area contributed by atoms with Crippen molar-refractivity contribution in [3.63, 3.8) is 0 Å². The fourth-order valence-corrected chi connectivity index (χ4v) is 5.84. The summed E-state index contributed by atoms with van der Waals surface area (Å²) in [6.45, 7) is 4.46. The van der Waals surface area contributed by atoms with E-state index in [1.807, 2.05) is 38.1 Å². The van der Waals surface area contributed by atoms with Crippen molar-refractivity contribution in [2.24, 2.45) is 0 Å². The van der Waals surface area contributed by atoms with E-state index in [9.17, 15) is 9.59 Å². The van der Waals surface area contributed by atoms with Crippen LogP contribution in [-0.2, 0) is 30.6 Å². The molecule has 1 aromatic carbocycles. The quantitative estimate of drug-likeness (QED) is 0.387. The van der Waals surface area contributed by atoms with Crippen molar-refractivity contribution in [3.8, 4) is 0 Å². The highest BCUT2D eigenvalue weighted by Gasteiger charge is 2.26. The van der Waals surface area contributed by atoms with Crippen molar-refractivity contribution < 1.29 is 14.0 Å². The number of benzene rings is 1. The van der Waals surface area contributed by atoms with Crippen LogP contribution in [0.5, 0.6) is 0 Å². The van der Waals surface area contributed by atoms with Crippen LogP contribution >= 0.6 is 11.3 Å². The normalized spacial score (nSPS) is 13.0. The van der Waals surface area contributed by atoms with Crippen molar-refractivity contribution in [3.05, 3.63) is 81.2 Å². The molecule has 6 nitrogen and oxygen atoms in total. The van der Waals surface area contributed by atoms with E-state index in [0.717, 1.165) is 64.5 Å². The lowest BCUT2D eigenvalue weighted by Gasteiger charge is -2.13. The molecule has 7 heteroatoms. The van der Waals surface area contributed by atoms with E-state index in [-0.39, 0.29) is 18.2 Å². The maximum atomic E-state index is 13.2. The molecule has 0 unspecified atom stereocenters. The first-order valence-corrected chi connectivity index (χ1v) is 12.4. The molecule has 0 fully saturated rings. The number of carbonyl (C=O) groups is 2. The summed E-state index contributed by atoms with van der Waals surface area (Å²) in [5, 5.41) is 7.64. The number of hydrogen-bond donors (Lipinski definition) is 2. The number of hydrogen-bond acceptors (Lipinski definition) is 5. The van der Waals surface area contributed by atoms with Gasteiger partial charge in [-0.2, -0.15) is 0 Å². The number of fused-ring (bicyclic) bond motifs is 2. The van der Waals surface area contributed by atoms with Gasteiger partial charge in [0.15, 0.2) is 0 Å². The number of pyridine rings is 1. The molecule has 34 heavy (non-hydrogen) atoms. The third-order valence-corrected chi connectivity index (χ3v) is 7.73. The van der Waals surface area contributed by atoms with E-state index in [1.54, 1.807) is 18.7 Å². The molecule has 174 valence electrons. The Kier molecular flexibility index (Phi) is 6.20. The van der Waals surface area contributed by atoms with Crippen LogP contribution in [0.2, 0.25) is 0 Å². The first-order valence-electron chi connectivity index (χ1n) is 11.6. The van der Waals surface area contributed by atoms with Crippen molar-refractivity contribution in [1.82, 2.24) is 10.3 Å². The van der Waals surface area contributed by atoms with Gasteiger partial charge in [-0.1, -0.05) is 18.2 Å². The van der Waals surface area contributed by atoms with Gasteiger partial charge < -0.3 is 15.1 Å². The summed E-state index contributed by atoms with van der Waals surface area (Å²) in [6, 6.07) is 7.83. The molecule has 0 atom stereocenters. The Morgan fingerprint density at radius 2 is 2.00 bits per heavy atom. The highest BCUT2D eigenvalue weighted by atomic mass is 32.1. The molecule has 2 amide bonds. The molecule has 4 aromatic rings. The summed E-state index contributed by atoms with van der Waals surface area (Å²) in [7, 11) is 0. The number of thiophene rings is 1. The third-order valence-electron chi connectivity index (χ3n) is 6.52. The van der Waals surface area contributed by atoms with Crippen molar-refractivity contribution in [1.29, 1.82) is 0 Å². The van der Waals surface area contributed by atoms with Gasteiger partial charge in [0, 0.05) is 34.8 Å². The molecule has 1 aliphatic carbocycles. The number of furan rings is 1. The predicted octanol–water partition coefficient (Wildman–Crippen LogP) is 5.50. The minimum Gasteiger partial charge on any atom is -0.464 e. The topological polar surface area (TPSA) is 84.2 Å². The predicted molar refractivity (Wildman–Crippen MR) is 134 cm³/mol. The molecule has 1 aliphatic rings. The molecule has 3 aromatic heterocycles. The van der Waals surface area contributed by atoms with Gasteiger partial charge in [0.1, 0.15) is 10.6 Å². The van der Waals surface area contributed by atoms with Crippen LogP contribution in [0.4, 0.5) is 5.00 Å². The summed E-state index contributed by atoms with van der Waals surface area (Å²) < 4.78 is 5.77. The second-order valence-electron chi connectivity index (χ2n) is 8.83. The maximum Gasteiger partial charge on any atom is 0.254 e. The second-order valence-corrected chi connectivity index (χ2v) is 9.93. The van der Waals surface area contributed by atoms with Crippen molar-refractivity contribution >= 4 is 39.1 Å². The van der Waals surface area contributed by atoms with Crippen molar-refractivity contribution in [2.45, 2.75) is 52.5 Å². The van der Waals surface area contributed by atoms with Gasteiger partial charge in [-0.15, -0.1) is 11.3 Å². The highest BCUT2D eigenvalue weighted by Crippen LogP contribution is 2.38. The average Bonchev–Trinajstić information content (AvgIpc) is 3.41. The number of aryl methyl sites for hydroxylation is 3. The van der Waals surface area contributed by atoms with Crippen molar-refractivity contribution in [2.75, 3.05) is 5.32 Å². The van der Waals surface area contributed by atoms with Gasteiger partial charge in [0.05, 0.1) is 18.2 Å². The number of nitrogens with one attached hydrogen (secondary N) is 2. The molecule has 5 rings (SSSR count). The third kappa shape index (κ3) is 4.35. The number of aromatic nitrogens is 1. The highest BCUT2D eigenvalue weighted by molar-refractivity contribution is 7.17. The minimum atomic E-state index is -0.154. The Morgan fingerprint density at radius 3 is 2.82 bits per heavy atom. The first-order chi connectivity index (χ1) is 16.5. The molecule has 0 saturated heterocycles. The maximum absolute atomic E-state index is 13.2. The van der Waals surface area contributed by atoms with Gasteiger partial charge in [0.25, 0.3) is 5.91 Å². The number of amides is 2. The molecule has 0 radical (unpaired) electrons. The number of anilines is 1. The van der Waals surface area contributed by atoms with E-state index < -0.39 is 0 Å². The van der Waals surface area contributed by atoms with Crippen LogP contribution in [0.15, 0.2) is 47.3 Å². The number of nitrogens with zero attached hydrogens (tertiary/aromatic N) is 1. The van der Waals surface area contributed by atoms with Crippen LogP contribution in [0.3, 0.4) is 0 Å². The average molecular weight is 474 g/mol. The fraction of sp³-hybridized carbons (Fsp3) is 0.296. The van der Waals surface area contributed by atoms with E-state index in [0.29, 0.717) is 17.1 Å². The Hall–Kier alpha value is -3.45. The summed E-state index contributed by atoms with van der Waals surface area (Å²) in [6.07, 6.45) is 9.28. The lowest BCUT2D eigenvalue weighted by molar-refractivity contribution is -0.115. The number of rotatable bonds is 6. The largest absolute Gasteiger partial charge is 0.464 e. The minimum absolute atomic E-state index is 0.152. The van der Waals surface area contributed by atoms with E-state index in [4.69, 9.17) is 4.42 Å². The Bertz CT molecular complexity index is 1370. The van der Waals surface area contributed by atoms with Crippen LogP contribution < -0.4 is 10.6 Å². The van der Waals surface area contributed by atoms with Crippen LogP contribution in [0, 0.1) is 13.8 Å². The lowest BCUT2D eigenvalue weighted by atomic mass is 9.95. The SMILES string of the molecule is Cc1ccc2c(CC(=O)Nc3sc4c(c3C(=O)NCc3cccnc3)CCCC4)coc2c1C. The Labute approximate surface area is 202 Å². The standard InChI is InChI=1S/C27H27N3O3S/c1-16-9-10-20-19(15-33-25(20)17(16)2)12-23(31)30-27-24(21-7-3-4-8-22(21)34-27)26(32)29-14-18-6-5-11-28-13-18/h5-6,9-11,13,15H,3-4,7-8,12,14H2,1-2H3,(H,29,32)(H,30,31). The lowest BCUT2D eigenvalue weighted by Crippen LogP contribution is -2.25. The summed E-state index contributed by atoms with van der Waals surface area (Å²) in [4.78, 5) is 31.6. The number of carbonyl (C=O) groups excluding carboxylic acids is 2. The monoisotopic (exact) mass is 473 g/mol. The molecule has 0 saturated carbocycles. The zero-order valence-corrected chi connectivity index (χ0v) is 20.2. The molecule has 3 heterocycles. The molecular weight excluding hydrogens is 446 g/mol. The summed E-state index contributed by atoms with van der Waals surface area (Å²) >= 11 is 1.53. The van der Waals surface area contributed by atoms with Crippen LogP contribution in [0.25, 0.3) is 11.0 Å². The first kappa shape index (κ1) is 22.3.